The summed E-state index contributed by atoms with van der Waals surface area (Å²) < 4.78 is 25.7. The SMILES string of the molecule is CNC(=O)CCNS(=O)(=O)c1ccccc1. The van der Waals surface area contributed by atoms with E-state index in [-0.39, 0.29) is 23.8 Å². The number of carbonyl (C=O) groups is 1. The molecule has 0 aliphatic carbocycles. The van der Waals surface area contributed by atoms with E-state index in [2.05, 4.69) is 10.0 Å². The fourth-order valence-electron chi connectivity index (χ4n) is 1.11. The van der Waals surface area contributed by atoms with Crippen LogP contribution < -0.4 is 10.0 Å². The Morgan fingerprint density at radius 1 is 1.25 bits per heavy atom. The number of carbonyl (C=O) groups excluding carboxylic acids is 1. The van der Waals surface area contributed by atoms with E-state index in [0.717, 1.165) is 0 Å². The number of nitrogens with one attached hydrogen (secondary N) is 2. The molecule has 0 spiro atoms. The third kappa shape index (κ3) is 3.63. The van der Waals surface area contributed by atoms with Crippen molar-refractivity contribution in [3.8, 4) is 0 Å². The molecule has 88 valence electrons. The molecule has 1 aromatic carbocycles. The summed E-state index contributed by atoms with van der Waals surface area (Å²) in [5, 5.41) is 2.42. The summed E-state index contributed by atoms with van der Waals surface area (Å²) in [6.07, 6.45) is 0.128. The number of hydrogen-bond acceptors (Lipinski definition) is 3. The van der Waals surface area contributed by atoms with Crippen molar-refractivity contribution in [1.82, 2.24) is 10.0 Å². The average Bonchev–Trinajstić information content (AvgIpc) is 2.30. The third-order valence-electron chi connectivity index (χ3n) is 1.98. The molecule has 0 unspecified atom stereocenters. The number of sulfonamides is 1. The van der Waals surface area contributed by atoms with Crippen molar-refractivity contribution < 1.29 is 13.2 Å². The first-order valence-corrected chi connectivity index (χ1v) is 6.30. The molecule has 0 aliphatic rings. The van der Waals surface area contributed by atoms with Gasteiger partial charge >= 0.3 is 0 Å². The summed E-state index contributed by atoms with van der Waals surface area (Å²) in [5.74, 6) is -0.198. The molecule has 1 aromatic rings. The van der Waals surface area contributed by atoms with Gasteiger partial charge in [-0.15, -0.1) is 0 Å². The van der Waals surface area contributed by atoms with E-state index in [4.69, 9.17) is 0 Å². The highest BCUT2D eigenvalue weighted by Gasteiger charge is 2.12. The van der Waals surface area contributed by atoms with Crippen molar-refractivity contribution in [3.63, 3.8) is 0 Å². The molecule has 0 aliphatic heterocycles. The Morgan fingerprint density at radius 3 is 2.44 bits per heavy atom. The number of benzene rings is 1. The molecule has 0 bridgehead atoms. The number of rotatable bonds is 5. The Labute approximate surface area is 94.9 Å². The van der Waals surface area contributed by atoms with Crippen LogP contribution in [-0.4, -0.2) is 27.9 Å². The minimum Gasteiger partial charge on any atom is -0.359 e. The molecule has 0 atom stereocenters. The first-order chi connectivity index (χ1) is 7.56. The van der Waals surface area contributed by atoms with Gasteiger partial charge in [-0.3, -0.25) is 4.79 Å². The molecule has 0 radical (unpaired) electrons. The minimum atomic E-state index is -3.49. The van der Waals surface area contributed by atoms with E-state index in [1.54, 1.807) is 18.2 Å². The summed E-state index contributed by atoms with van der Waals surface area (Å²) in [5.41, 5.74) is 0. The van der Waals surface area contributed by atoms with Gasteiger partial charge in [-0.2, -0.15) is 0 Å². The Morgan fingerprint density at radius 2 is 1.88 bits per heavy atom. The predicted molar refractivity (Wildman–Crippen MR) is 60.3 cm³/mol. The molecular weight excluding hydrogens is 228 g/mol. The second kappa shape index (κ2) is 5.62. The Bertz CT molecular complexity index is 442. The molecule has 0 saturated carbocycles. The summed E-state index contributed by atoms with van der Waals surface area (Å²) >= 11 is 0. The lowest BCUT2D eigenvalue weighted by Gasteiger charge is -2.05. The molecule has 1 amide bonds. The lowest BCUT2D eigenvalue weighted by atomic mass is 10.4. The van der Waals surface area contributed by atoms with Crippen LogP contribution in [0.2, 0.25) is 0 Å². The molecule has 0 saturated heterocycles. The fraction of sp³-hybridized carbons (Fsp3) is 0.300. The van der Waals surface area contributed by atoms with Crippen LogP contribution in [0, 0.1) is 0 Å². The van der Waals surface area contributed by atoms with Gasteiger partial charge in [0.15, 0.2) is 0 Å². The van der Waals surface area contributed by atoms with Crippen molar-refractivity contribution in [2.45, 2.75) is 11.3 Å². The van der Waals surface area contributed by atoms with Gasteiger partial charge < -0.3 is 5.32 Å². The standard InChI is InChI=1S/C10H14N2O3S/c1-11-10(13)7-8-12-16(14,15)9-5-3-2-4-6-9/h2-6,12H,7-8H2,1H3,(H,11,13). The quantitative estimate of drug-likeness (QED) is 0.769. The number of amides is 1. The summed E-state index contributed by atoms with van der Waals surface area (Å²) in [6.45, 7) is 0.0941. The zero-order valence-electron chi connectivity index (χ0n) is 8.93. The second-order valence-corrected chi connectivity index (χ2v) is 4.90. The maximum atomic E-state index is 11.7. The molecule has 5 nitrogen and oxygen atoms in total. The van der Waals surface area contributed by atoms with Crippen LogP contribution in [0.25, 0.3) is 0 Å². The molecule has 2 N–H and O–H groups in total. The van der Waals surface area contributed by atoms with E-state index < -0.39 is 10.0 Å². The lowest BCUT2D eigenvalue weighted by molar-refractivity contribution is -0.120. The summed E-state index contributed by atoms with van der Waals surface area (Å²) in [6, 6.07) is 8.04. The maximum Gasteiger partial charge on any atom is 0.240 e. The first-order valence-electron chi connectivity index (χ1n) is 4.81. The van der Waals surface area contributed by atoms with Gasteiger partial charge in [0, 0.05) is 20.0 Å². The van der Waals surface area contributed by atoms with Gasteiger partial charge in [0.1, 0.15) is 0 Å². The Kier molecular flexibility index (Phi) is 4.45. The van der Waals surface area contributed by atoms with E-state index in [0.29, 0.717) is 0 Å². The molecule has 16 heavy (non-hydrogen) atoms. The van der Waals surface area contributed by atoms with Crippen LogP contribution in [-0.2, 0) is 14.8 Å². The first kappa shape index (κ1) is 12.7. The normalized spacial score (nSPS) is 11.1. The zero-order chi connectivity index (χ0) is 12.0. The van der Waals surface area contributed by atoms with Gasteiger partial charge in [-0.1, -0.05) is 18.2 Å². The molecule has 0 aromatic heterocycles. The fourth-order valence-corrected chi connectivity index (χ4v) is 2.16. The largest absolute Gasteiger partial charge is 0.359 e. The topological polar surface area (TPSA) is 75.3 Å². The maximum absolute atomic E-state index is 11.7. The van der Waals surface area contributed by atoms with E-state index in [1.807, 2.05) is 0 Å². The van der Waals surface area contributed by atoms with Crippen LogP contribution >= 0.6 is 0 Å². The van der Waals surface area contributed by atoms with Crippen LogP contribution in [0.5, 0.6) is 0 Å². The Hall–Kier alpha value is -1.40. The number of hydrogen-bond donors (Lipinski definition) is 2. The highest BCUT2D eigenvalue weighted by molar-refractivity contribution is 7.89. The van der Waals surface area contributed by atoms with Gasteiger partial charge in [0.25, 0.3) is 0 Å². The average molecular weight is 242 g/mol. The minimum absolute atomic E-state index is 0.0941. The highest BCUT2D eigenvalue weighted by Crippen LogP contribution is 2.06. The van der Waals surface area contributed by atoms with Crippen molar-refractivity contribution in [2.24, 2.45) is 0 Å². The van der Waals surface area contributed by atoms with Crippen molar-refractivity contribution in [2.75, 3.05) is 13.6 Å². The smallest absolute Gasteiger partial charge is 0.240 e. The molecule has 1 rings (SSSR count). The molecule has 6 heteroatoms. The summed E-state index contributed by atoms with van der Waals surface area (Å²) in [7, 11) is -1.99. The van der Waals surface area contributed by atoms with Crippen LogP contribution in [0.3, 0.4) is 0 Å². The summed E-state index contributed by atoms with van der Waals surface area (Å²) in [4.78, 5) is 11.1. The zero-order valence-corrected chi connectivity index (χ0v) is 9.75. The van der Waals surface area contributed by atoms with Gasteiger partial charge in [0.2, 0.25) is 15.9 Å². The lowest BCUT2D eigenvalue weighted by Crippen LogP contribution is -2.29. The van der Waals surface area contributed by atoms with Crippen LogP contribution in [0.4, 0.5) is 0 Å². The Balaban J connectivity index is 2.57. The van der Waals surface area contributed by atoms with E-state index in [1.165, 1.54) is 19.2 Å². The van der Waals surface area contributed by atoms with Crippen molar-refractivity contribution in [1.29, 1.82) is 0 Å². The second-order valence-electron chi connectivity index (χ2n) is 3.13. The predicted octanol–water partition coefficient (Wildman–Crippen LogP) is 0.101. The van der Waals surface area contributed by atoms with Crippen LogP contribution in [0.15, 0.2) is 35.2 Å². The van der Waals surface area contributed by atoms with Gasteiger partial charge in [0.05, 0.1) is 4.90 Å². The van der Waals surface area contributed by atoms with Gasteiger partial charge in [-0.25, -0.2) is 13.1 Å². The van der Waals surface area contributed by atoms with E-state index >= 15 is 0 Å². The van der Waals surface area contributed by atoms with Crippen molar-refractivity contribution >= 4 is 15.9 Å². The highest BCUT2D eigenvalue weighted by atomic mass is 32.2. The van der Waals surface area contributed by atoms with E-state index in [9.17, 15) is 13.2 Å². The molecular formula is C10H14N2O3S. The van der Waals surface area contributed by atoms with Crippen molar-refractivity contribution in [3.05, 3.63) is 30.3 Å². The van der Waals surface area contributed by atoms with Crippen LogP contribution in [0.1, 0.15) is 6.42 Å². The molecule has 0 heterocycles. The molecule has 0 fully saturated rings. The monoisotopic (exact) mass is 242 g/mol. The third-order valence-corrected chi connectivity index (χ3v) is 3.45. The van der Waals surface area contributed by atoms with Gasteiger partial charge in [-0.05, 0) is 12.1 Å².